The molecule has 0 bridgehead atoms. The first-order chi connectivity index (χ1) is 11.1. The lowest BCUT2D eigenvalue weighted by Crippen LogP contribution is -2.24. The summed E-state index contributed by atoms with van der Waals surface area (Å²) >= 11 is 0. The van der Waals surface area contributed by atoms with Gasteiger partial charge >= 0.3 is 0 Å². The van der Waals surface area contributed by atoms with Gasteiger partial charge in [0.25, 0.3) is 5.91 Å². The van der Waals surface area contributed by atoms with Gasteiger partial charge < -0.3 is 0 Å². The van der Waals surface area contributed by atoms with Crippen molar-refractivity contribution >= 4 is 5.91 Å². The first kappa shape index (κ1) is 16.7. The highest BCUT2D eigenvalue weighted by Crippen LogP contribution is 2.13. The smallest absolute Gasteiger partial charge is 0.274 e. The van der Waals surface area contributed by atoms with E-state index in [0.29, 0.717) is 30.8 Å². The van der Waals surface area contributed by atoms with E-state index in [4.69, 9.17) is 11.6 Å². The minimum Gasteiger partial charge on any atom is -0.288 e. The number of benzene rings is 2. The Bertz CT molecular complexity index is 708. The number of halogens is 1. The summed E-state index contributed by atoms with van der Waals surface area (Å²) in [6.07, 6.45) is 5.39. The largest absolute Gasteiger partial charge is 0.288 e. The van der Waals surface area contributed by atoms with Gasteiger partial charge in [0.05, 0.1) is 6.54 Å². The summed E-state index contributed by atoms with van der Waals surface area (Å²) in [4.78, 5) is 13.2. The molecule has 4 nitrogen and oxygen atoms in total. The minimum absolute atomic E-state index is 0.260. The van der Waals surface area contributed by atoms with Crippen LogP contribution in [0.5, 0.6) is 0 Å². The molecule has 0 aromatic heterocycles. The molecule has 0 aliphatic carbocycles. The molecule has 0 fully saturated rings. The molecular formula is C18H17FN2O2. The molecule has 2 N–H and O–H groups in total. The Morgan fingerprint density at radius 1 is 1.17 bits per heavy atom. The van der Waals surface area contributed by atoms with E-state index in [1.807, 2.05) is 4.90 Å². The number of hydroxylamine groups is 1. The van der Waals surface area contributed by atoms with Gasteiger partial charge in [0.2, 0.25) is 0 Å². The maximum atomic E-state index is 13.8. The second-order valence-corrected chi connectivity index (χ2v) is 5.08. The van der Waals surface area contributed by atoms with Crippen LogP contribution in [0.15, 0.2) is 48.5 Å². The van der Waals surface area contributed by atoms with Gasteiger partial charge in [-0.2, -0.15) is 0 Å². The van der Waals surface area contributed by atoms with E-state index in [9.17, 15) is 9.18 Å². The van der Waals surface area contributed by atoms with Crippen LogP contribution in [-0.2, 0) is 13.1 Å². The van der Waals surface area contributed by atoms with Crippen LogP contribution < -0.4 is 5.48 Å². The van der Waals surface area contributed by atoms with Gasteiger partial charge in [0.1, 0.15) is 5.82 Å². The Morgan fingerprint density at radius 3 is 2.48 bits per heavy atom. The summed E-state index contributed by atoms with van der Waals surface area (Å²) in [6, 6.07) is 13.4. The number of terminal acetylenes is 1. The second kappa shape index (κ2) is 8.08. The molecule has 0 atom stereocenters. The number of nitrogens with one attached hydrogen (secondary N) is 1. The fourth-order valence-electron chi connectivity index (χ4n) is 2.25. The molecule has 0 aliphatic rings. The quantitative estimate of drug-likeness (QED) is 0.490. The molecule has 23 heavy (non-hydrogen) atoms. The van der Waals surface area contributed by atoms with Gasteiger partial charge in [-0.1, -0.05) is 36.3 Å². The normalized spacial score (nSPS) is 10.3. The Morgan fingerprint density at radius 2 is 1.87 bits per heavy atom. The van der Waals surface area contributed by atoms with Crippen LogP contribution in [0.3, 0.4) is 0 Å². The van der Waals surface area contributed by atoms with Crippen LogP contribution in [-0.4, -0.2) is 22.6 Å². The highest BCUT2D eigenvalue weighted by atomic mass is 19.1. The van der Waals surface area contributed by atoms with Gasteiger partial charge in [-0.05, 0) is 23.8 Å². The third-order valence-electron chi connectivity index (χ3n) is 3.39. The Kier molecular flexibility index (Phi) is 5.87. The highest BCUT2D eigenvalue weighted by Gasteiger charge is 2.10. The SMILES string of the molecule is C#CCN(Cc1ccc(C(=O)NO)cc1)Cc1ccccc1F. The van der Waals surface area contributed by atoms with Crippen molar-refractivity contribution in [1.29, 1.82) is 0 Å². The molecule has 0 aliphatic heterocycles. The Balaban J connectivity index is 2.09. The number of amides is 1. The molecule has 1 amide bonds. The number of nitrogens with zero attached hydrogens (tertiary/aromatic N) is 1. The van der Waals surface area contributed by atoms with E-state index in [1.165, 1.54) is 6.07 Å². The van der Waals surface area contributed by atoms with Crippen LogP contribution in [0.2, 0.25) is 0 Å². The number of hydrogen-bond donors (Lipinski definition) is 2. The predicted octanol–water partition coefficient (Wildman–Crippen LogP) is 2.58. The zero-order valence-electron chi connectivity index (χ0n) is 12.5. The summed E-state index contributed by atoms with van der Waals surface area (Å²) in [5, 5.41) is 8.60. The van der Waals surface area contributed by atoms with E-state index in [0.717, 1.165) is 5.56 Å². The molecule has 0 spiro atoms. The van der Waals surface area contributed by atoms with E-state index >= 15 is 0 Å². The van der Waals surface area contributed by atoms with E-state index in [-0.39, 0.29) is 5.82 Å². The predicted molar refractivity (Wildman–Crippen MR) is 85.0 cm³/mol. The fraction of sp³-hybridized carbons (Fsp3) is 0.167. The Hall–Kier alpha value is -2.68. The van der Waals surface area contributed by atoms with Gasteiger partial charge in [0, 0.05) is 24.2 Å². The lowest BCUT2D eigenvalue weighted by Gasteiger charge is -2.20. The molecule has 0 unspecified atom stereocenters. The maximum Gasteiger partial charge on any atom is 0.274 e. The van der Waals surface area contributed by atoms with Crippen molar-refractivity contribution in [2.45, 2.75) is 13.1 Å². The lowest BCUT2D eigenvalue weighted by atomic mass is 10.1. The standard InChI is InChI=1S/C18H17FN2O2/c1-2-11-21(13-16-5-3-4-6-17(16)19)12-14-7-9-15(10-8-14)18(22)20-23/h1,3-10,23H,11-13H2,(H,20,22). The van der Waals surface area contributed by atoms with E-state index in [2.05, 4.69) is 5.92 Å². The van der Waals surface area contributed by atoms with E-state index < -0.39 is 5.91 Å². The third kappa shape index (κ3) is 4.65. The van der Waals surface area contributed by atoms with Crippen LogP contribution in [0.25, 0.3) is 0 Å². The van der Waals surface area contributed by atoms with Crippen LogP contribution >= 0.6 is 0 Å². The van der Waals surface area contributed by atoms with Gasteiger partial charge in [0.15, 0.2) is 0 Å². The second-order valence-electron chi connectivity index (χ2n) is 5.08. The number of hydrogen-bond acceptors (Lipinski definition) is 3. The maximum absolute atomic E-state index is 13.8. The molecule has 0 radical (unpaired) electrons. The molecule has 2 rings (SSSR count). The molecule has 5 heteroatoms. The van der Waals surface area contributed by atoms with Gasteiger partial charge in [-0.3, -0.25) is 14.9 Å². The molecule has 2 aromatic rings. The molecule has 0 saturated heterocycles. The third-order valence-corrected chi connectivity index (χ3v) is 3.39. The minimum atomic E-state index is -0.566. The van der Waals surface area contributed by atoms with Crippen molar-refractivity contribution < 1.29 is 14.4 Å². The summed E-state index contributed by atoms with van der Waals surface area (Å²) in [5.74, 6) is 1.75. The summed E-state index contributed by atoms with van der Waals surface area (Å²) in [5.41, 5.74) is 3.46. The number of rotatable bonds is 6. The average molecular weight is 312 g/mol. The van der Waals surface area contributed by atoms with E-state index in [1.54, 1.807) is 47.9 Å². The molecule has 0 heterocycles. The van der Waals surface area contributed by atoms with Crippen LogP contribution in [0.1, 0.15) is 21.5 Å². The first-order valence-electron chi connectivity index (χ1n) is 7.06. The lowest BCUT2D eigenvalue weighted by molar-refractivity contribution is 0.0706. The summed E-state index contributed by atoms with van der Waals surface area (Å²) < 4.78 is 13.8. The zero-order chi connectivity index (χ0) is 16.7. The molecular weight excluding hydrogens is 295 g/mol. The van der Waals surface area contributed by atoms with Crippen molar-refractivity contribution in [2.75, 3.05) is 6.54 Å². The van der Waals surface area contributed by atoms with Crippen molar-refractivity contribution in [2.24, 2.45) is 0 Å². The number of carbonyl (C=O) groups excluding carboxylic acids is 1. The monoisotopic (exact) mass is 312 g/mol. The first-order valence-corrected chi connectivity index (χ1v) is 7.06. The zero-order valence-corrected chi connectivity index (χ0v) is 12.5. The topological polar surface area (TPSA) is 52.6 Å². The Labute approximate surface area is 134 Å². The summed E-state index contributed by atoms with van der Waals surface area (Å²) in [7, 11) is 0. The molecule has 2 aromatic carbocycles. The molecule has 0 saturated carbocycles. The fourth-order valence-corrected chi connectivity index (χ4v) is 2.25. The highest BCUT2D eigenvalue weighted by molar-refractivity contribution is 5.93. The van der Waals surface area contributed by atoms with Gasteiger partial charge in [-0.25, -0.2) is 9.87 Å². The van der Waals surface area contributed by atoms with Crippen LogP contribution in [0, 0.1) is 18.2 Å². The molecule has 118 valence electrons. The van der Waals surface area contributed by atoms with Crippen LogP contribution in [0.4, 0.5) is 4.39 Å². The van der Waals surface area contributed by atoms with Crippen molar-refractivity contribution in [3.63, 3.8) is 0 Å². The van der Waals surface area contributed by atoms with Crippen molar-refractivity contribution in [1.82, 2.24) is 10.4 Å². The van der Waals surface area contributed by atoms with Gasteiger partial charge in [-0.15, -0.1) is 6.42 Å². The average Bonchev–Trinajstić information content (AvgIpc) is 2.57. The number of carbonyl (C=O) groups is 1. The van der Waals surface area contributed by atoms with Crippen molar-refractivity contribution in [3.05, 3.63) is 71.0 Å². The summed E-state index contributed by atoms with van der Waals surface area (Å²) in [6.45, 7) is 1.31. The van der Waals surface area contributed by atoms with Crippen molar-refractivity contribution in [3.8, 4) is 12.3 Å².